The van der Waals surface area contributed by atoms with Crippen LogP contribution in [0.5, 0.6) is 0 Å². The van der Waals surface area contributed by atoms with Gasteiger partial charge in [-0.2, -0.15) is 0 Å². The molecule has 0 bridgehead atoms. The molecule has 1 amide bonds. The van der Waals surface area contributed by atoms with Gasteiger partial charge in [-0.05, 0) is 41.1 Å². The minimum absolute atomic E-state index is 0.0967. The molecule has 172 valence electrons. The monoisotopic (exact) mass is 487 g/mol. The van der Waals surface area contributed by atoms with Crippen molar-refractivity contribution in [3.63, 3.8) is 0 Å². The van der Waals surface area contributed by atoms with Crippen molar-refractivity contribution in [2.24, 2.45) is 0 Å². The average Bonchev–Trinajstić information content (AvgIpc) is 3.66. The first kappa shape index (κ1) is 21.5. The molecule has 6 rings (SSSR count). The Bertz CT molecular complexity index is 1430. The van der Waals surface area contributed by atoms with Crippen molar-refractivity contribution in [3.8, 4) is 11.3 Å². The zero-order valence-electron chi connectivity index (χ0n) is 18.7. The molecule has 7 heteroatoms. The lowest BCUT2D eigenvalue weighted by atomic mass is 10.1. The van der Waals surface area contributed by atoms with Crippen LogP contribution in [0.15, 0.2) is 71.6 Å². The van der Waals surface area contributed by atoms with E-state index in [0.717, 1.165) is 47.0 Å². The SMILES string of the molecule is O=C(c1cccs1)N(CCc1csc2nc(-c3ccc4ccccc4c3)cn12)CC1CCCO1. The third-order valence-electron chi connectivity index (χ3n) is 6.43. The molecule has 1 fully saturated rings. The number of thiophene rings is 1. The van der Waals surface area contributed by atoms with Gasteiger partial charge in [0.2, 0.25) is 0 Å². The summed E-state index contributed by atoms with van der Waals surface area (Å²) in [4.78, 5) is 21.8. The largest absolute Gasteiger partial charge is 0.376 e. The third-order valence-corrected chi connectivity index (χ3v) is 8.18. The minimum atomic E-state index is 0.0967. The molecule has 1 unspecified atom stereocenters. The molecule has 0 radical (unpaired) electrons. The summed E-state index contributed by atoms with van der Waals surface area (Å²) >= 11 is 3.15. The molecule has 34 heavy (non-hydrogen) atoms. The van der Waals surface area contributed by atoms with Crippen molar-refractivity contribution in [3.05, 3.63) is 82.1 Å². The lowest BCUT2D eigenvalue weighted by molar-refractivity contribution is 0.0532. The number of fused-ring (bicyclic) bond motifs is 2. The number of rotatable bonds is 7. The van der Waals surface area contributed by atoms with Crippen molar-refractivity contribution < 1.29 is 9.53 Å². The Kier molecular flexibility index (Phi) is 5.91. The number of carbonyl (C=O) groups is 1. The summed E-state index contributed by atoms with van der Waals surface area (Å²) in [7, 11) is 0. The van der Waals surface area contributed by atoms with E-state index in [2.05, 4.69) is 58.4 Å². The van der Waals surface area contributed by atoms with Crippen LogP contribution in [0.3, 0.4) is 0 Å². The number of nitrogens with zero attached hydrogens (tertiary/aromatic N) is 3. The Balaban J connectivity index is 1.23. The van der Waals surface area contributed by atoms with Crippen molar-refractivity contribution in [2.45, 2.75) is 25.4 Å². The molecule has 1 aliphatic rings. The van der Waals surface area contributed by atoms with Crippen molar-refractivity contribution in [1.29, 1.82) is 0 Å². The first-order chi connectivity index (χ1) is 16.7. The van der Waals surface area contributed by atoms with E-state index in [4.69, 9.17) is 9.72 Å². The zero-order chi connectivity index (χ0) is 22.9. The van der Waals surface area contributed by atoms with Crippen LogP contribution in [0.25, 0.3) is 27.0 Å². The van der Waals surface area contributed by atoms with E-state index in [-0.39, 0.29) is 12.0 Å². The predicted molar refractivity (Wildman–Crippen MR) is 139 cm³/mol. The maximum atomic E-state index is 13.2. The van der Waals surface area contributed by atoms with E-state index in [9.17, 15) is 4.79 Å². The number of imidazole rings is 1. The van der Waals surface area contributed by atoms with Crippen LogP contribution >= 0.6 is 22.7 Å². The molecule has 0 aliphatic carbocycles. The van der Waals surface area contributed by atoms with Crippen LogP contribution in [0.2, 0.25) is 0 Å². The Morgan fingerprint density at radius 3 is 2.85 bits per heavy atom. The average molecular weight is 488 g/mol. The Morgan fingerprint density at radius 2 is 2.03 bits per heavy atom. The molecule has 0 spiro atoms. The van der Waals surface area contributed by atoms with Gasteiger partial charge in [-0.25, -0.2) is 4.98 Å². The van der Waals surface area contributed by atoms with E-state index in [0.29, 0.717) is 13.1 Å². The minimum Gasteiger partial charge on any atom is -0.376 e. The van der Waals surface area contributed by atoms with Crippen LogP contribution in [0.4, 0.5) is 0 Å². The third kappa shape index (κ3) is 4.27. The predicted octanol–water partition coefficient (Wildman–Crippen LogP) is 6.14. The van der Waals surface area contributed by atoms with Crippen molar-refractivity contribution in [1.82, 2.24) is 14.3 Å². The van der Waals surface area contributed by atoms with E-state index in [1.54, 1.807) is 11.3 Å². The van der Waals surface area contributed by atoms with Crippen molar-refractivity contribution >= 4 is 44.3 Å². The second-order valence-electron chi connectivity index (χ2n) is 8.68. The molecular formula is C27H25N3O2S2. The summed E-state index contributed by atoms with van der Waals surface area (Å²) in [6.07, 6.45) is 5.13. The van der Waals surface area contributed by atoms with E-state index in [1.165, 1.54) is 27.8 Å². The molecular weight excluding hydrogens is 462 g/mol. The summed E-state index contributed by atoms with van der Waals surface area (Å²) in [5.74, 6) is 0.0967. The first-order valence-corrected chi connectivity index (χ1v) is 13.4. The highest BCUT2D eigenvalue weighted by molar-refractivity contribution is 7.15. The number of benzene rings is 2. The number of hydrogen-bond acceptors (Lipinski definition) is 5. The number of thiazole rings is 1. The lowest BCUT2D eigenvalue weighted by Gasteiger charge is -2.25. The Labute approximate surface area is 206 Å². The number of hydrogen-bond donors (Lipinski definition) is 0. The van der Waals surface area contributed by atoms with Gasteiger partial charge in [-0.1, -0.05) is 42.5 Å². The second kappa shape index (κ2) is 9.33. The van der Waals surface area contributed by atoms with Gasteiger partial charge >= 0.3 is 0 Å². The van der Waals surface area contributed by atoms with Gasteiger partial charge < -0.3 is 9.64 Å². The van der Waals surface area contributed by atoms with E-state index >= 15 is 0 Å². The van der Waals surface area contributed by atoms with Gasteiger partial charge in [0.15, 0.2) is 4.96 Å². The molecule has 2 aromatic carbocycles. The molecule has 1 aliphatic heterocycles. The standard InChI is InChI=1S/C27H25N3O2S2/c31-26(25-8-4-14-33-25)29(16-23-7-3-13-32-23)12-11-22-18-34-27-28-24(17-30(22)27)21-10-9-19-5-1-2-6-20(19)15-21/h1-2,4-6,8-10,14-15,17-18,23H,3,7,11-13,16H2. The van der Waals surface area contributed by atoms with Gasteiger partial charge in [0.05, 0.1) is 16.7 Å². The summed E-state index contributed by atoms with van der Waals surface area (Å²) in [6.45, 7) is 2.10. The molecule has 5 nitrogen and oxygen atoms in total. The second-order valence-corrected chi connectivity index (χ2v) is 10.5. The van der Waals surface area contributed by atoms with Crippen molar-refractivity contribution in [2.75, 3.05) is 19.7 Å². The molecule has 0 saturated carbocycles. The topological polar surface area (TPSA) is 46.8 Å². The Hall–Kier alpha value is -3.00. The number of carbonyl (C=O) groups excluding carboxylic acids is 1. The normalized spacial score (nSPS) is 15.9. The van der Waals surface area contributed by atoms with Crippen LogP contribution in [0.1, 0.15) is 28.2 Å². The molecule has 0 N–H and O–H groups in total. The summed E-state index contributed by atoms with van der Waals surface area (Å²) in [5.41, 5.74) is 3.27. The lowest BCUT2D eigenvalue weighted by Crippen LogP contribution is -2.38. The summed E-state index contributed by atoms with van der Waals surface area (Å²) in [6, 6.07) is 18.7. The smallest absolute Gasteiger partial charge is 0.264 e. The fraction of sp³-hybridized carbons (Fsp3) is 0.259. The number of ether oxygens (including phenoxy) is 1. The zero-order valence-corrected chi connectivity index (χ0v) is 20.4. The highest BCUT2D eigenvalue weighted by atomic mass is 32.1. The highest BCUT2D eigenvalue weighted by Gasteiger charge is 2.24. The van der Waals surface area contributed by atoms with Gasteiger partial charge in [0, 0.05) is 49.0 Å². The van der Waals surface area contributed by atoms with Gasteiger partial charge in [0.25, 0.3) is 5.91 Å². The van der Waals surface area contributed by atoms with Crippen LogP contribution < -0.4 is 0 Å². The quantitative estimate of drug-likeness (QED) is 0.277. The number of amides is 1. The number of aromatic nitrogens is 2. The summed E-state index contributed by atoms with van der Waals surface area (Å²) in [5, 5.41) is 6.56. The highest BCUT2D eigenvalue weighted by Crippen LogP contribution is 2.27. The Morgan fingerprint density at radius 1 is 1.12 bits per heavy atom. The van der Waals surface area contributed by atoms with Crippen LogP contribution in [-0.4, -0.2) is 46.0 Å². The molecule has 1 saturated heterocycles. The van der Waals surface area contributed by atoms with Gasteiger partial charge in [-0.3, -0.25) is 9.20 Å². The molecule has 4 heterocycles. The maximum Gasteiger partial charge on any atom is 0.264 e. The van der Waals surface area contributed by atoms with Gasteiger partial charge in [0.1, 0.15) is 0 Å². The van der Waals surface area contributed by atoms with E-state index in [1.807, 2.05) is 22.4 Å². The fourth-order valence-corrected chi connectivity index (χ4v) is 6.21. The van der Waals surface area contributed by atoms with E-state index < -0.39 is 0 Å². The molecule has 3 aromatic heterocycles. The fourth-order valence-electron chi connectivity index (χ4n) is 4.61. The van der Waals surface area contributed by atoms with Gasteiger partial charge in [-0.15, -0.1) is 22.7 Å². The summed E-state index contributed by atoms with van der Waals surface area (Å²) < 4.78 is 8.01. The first-order valence-electron chi connectivity index (χ1n) is 11.6. The van der Waals surface area contributed by atoms with Crippen LogP contribution in [0, 0.1) is 0 Å². The molecule has 1 atom stereocenters. The molecule has 5 aromatic rings. The maximum absolute atomic E-state index is 13.2. The van der Waals surface area contributed by atoms with Crippen LogP contribution in [-0.2, 0) is 11.2 Å².